The van der Waals surface area contributed by atoms with E-state index in [1.165, 1.54) is 17.6 Å². The number of aryl methyl sites for hydroxylation is 2. The molecule has 0 saturated heterocycles. The largest absolute Gasteiger partial charge is 0.489 e. The van der Waals surface area contributed by atoms with Crippen molar-refractivity contribution in [2.24, 2.45) is 0 Å². The van der Waals surface area contributed by atoms with Gasteiger partial charge in [0, 0.05) is 10.4 Å². The van der Waals surface area contributed by atoms with Crippen LogP contribution in [0.25, 0.3) is 0 Å². The Kier molecular flexibility index (Phi) is 4.96. The quantitative estimate of drug-likeness (QED) is 0.719. The SMILES string of the molecule is CCc1nc(NC(=O)c2occc2COc2ccccc2)sc1C. The van der Waals surface area contributed by atoms with Crippen molar-refractivity contribution in [1.82, 2.24) is 4.98 Å². The van der Waals surface area contributed by atoms with Gasteiger partial charge in [-0.05, 0) is 31.5 Å². The highest BCUT2D eigenvalue weighted by atomic mass is 32.1. The predicted octanol–water partition coefficient (Wildman–Crippen LogP) is 4.44. The monoisotopic (exact) mass is 342 g/mol. The fourth-order valence-electron chi connectivity index (χ4n) is 2.29. The number of rotatable bonds is 6. The number of benzene rings is 1. The second kappa shape index (κ2) is 7.31. The van der Waals surface area contributed by atoms with Gasteiger partial charge in [0.25, 0.3) is 5.91 Å². The Labute approximate surface area is 144 Å². The first-order valence-electron chi connectivity index (χ1n) is 7.69. The summed E-state index contributed by atoms with van der Waals surface area (Å²) in [4.78, 5) is 17.9. The Morgan fingerprint density at radius 1 is 1.29 bits per heavy atom. The molecule has 24 heavy (non-hydrogen) atoms. The molecule has 0 bridgehead atoms. The van der Waals surface area contributed by atoms with Gasteiger partial charge in [-0.3, -0.25) is 10.1 Å². The number of carbonyl (C=O) groups excluding carboxylic acids is 1. The Morgan fingerprint density at radius 3 is 2.79 bits per heavy atom. The number of aromatic nitrogens is 1. The van der Waals surface area contributed by atoms with E-state index in [1.807, 2.05) is 44.2 Å². The van der Waals surface area contributed by atoms with Crippen molar-refractivity contribution in [2.45, 2.75) is 26.9 Å². The van der Waals surface area contributed by atoms with E-state index >= 15 is 0 Å². The van der Waals surface area contributed by atoms with E-state index in [2.05, 4.69) is 10.3 Å². The number of nitrogens with zero attached hydrogens (tertiary/aromatic N) is 1. The number of hydrogen-bond donors (Lipinski definition) is 1. The van der Waals surface area contributed by atoms with Crippen LogP contribution in [-0.4, -0.2) is 10.9 Å². The van der Waals surface area contributed by atoms with Crippen LogP contribution in [0, 0.1) is 6.92 Å². The molecule has 3 rings (SSSR count). The molecule has 0 aliphatic heterocycles. The third kappa shape index (κ3) is 3.65. The molecule has 1 amide bonds. The van der Waals surface area contributed by atoms with E-state index in [1.54, 1.807) is 6.07 Å². The molecule has 1 aromatic carbocycles. The summed E-state index contributed by atoms with van der Waals surface area (Å²) in [6.45, 7) is 4.30. The van der Waals surface area contributed by atoms with Crippen molar-refractivity contribution < 1.29 is 13.9 Å². The molecule has 2 heterocycles. The molecule has 0 aliphatic carbocycles. The molecule has 0 unspecified atom stereocenters. The summed E-state index contributed by atoms with van der Waals surface area (Å²) in [5.74, 6) is 0.674. The number of hydrogen-bond acceptors (Lipinski definition) is 5. The maximum atomic E-state index is 12.4. The van der Waals surface area contributed by atoms with E-state index in [9.17, 15) is 4.79 Å². The van der Waals surface area contributed by atoms with Crippen molar-refractivity contribution in [3.63, 3.8) is 0 Å². The van der Waals surface area contributed by atoms with Crippen LogP contribution < -0.4 is 10.1 Å². The summed E-state index contributed by atoms with van der Waals surface area (Å²) in [5, 5.41) is 3.38. The maximum Gasteiger partial charge on any atom is 0.293 e. The predicted molar refractivity (Wildman–Crippen MR) is 93.7 cm³/mol. The van der Waals surface area contributed by atoms with Gasteiger partial charge in [-0.15, -0.1) is 11.3 Å². The Hall–Kier alpha value is -2.60. The molecule has 1 N–H and O–H groups in total. The molecule has 0 aliphatic rings. The van der Waals surface area contributed by atoms with E-state index in [0.717, 1.165) is 22.7 Å². The average Bonchev–Trinajstić information content (AvgIpc) is 3.20. The standard InChI is InChI=1S/C18H18N2O3S/c1-3-15-12(2)24-18(19-15)20-17(21)16-13(9-10-22-16)11-23-14-7-5-4-6-8-14/h4-10H,3,11H2,1-2H3,(H,19,20,21). The zero-order valence-electron chi connectivity index (χ0n) is 13.5. The number of furan rings is 1. The first-order valence-corrected chi connectivity index (χ1v) is 8.51. The van der Waals surface area contributed by atoms with Crippen molar-refractivity contribution in [3.05, 3.63) is 64.6 Å². The smallest absolute Gasteiger partial charge is 0.293 e. The molecule has 0 fully saturated rings. The number of nitrogens with one attached hydrogen (secondary N) is 1. The fraction of sp³-hybridized carbons (Fsp3) is 0.222. The van der Waals surface area contributed by atoms with Crippen molar-refractivity contribution in [3.8, 4) is 5.75 Å². The van der Waals surface area contributed by atoms with Crippen molar-refractivity contribution in [2.75, 3.05) is 5.32 Å². The van der Waals surface area contributed by atoms with Crippen LogP contribution in [0.3, 0.4) is 0 Å². The summed E-state index contributed by atoms with van der Waals surface area (Å²) in [7, 11) is 0. The molecule has 3 aromatic rings. The summed E-state index contributed by atoms with van der Waals surface area (Å²) < 4.78 is 11.0. The van der Waals surface area contributed by atoms with Gasteiger partial charge in [-0.1, -0.05) is 25.1 Å². The minimum Gasteiger partial charge on any atom is -0.489 e. The van der Waals surface area contributed by atoms with Gasteiger partial charge in [0.2, 0.25) is 0 Å². The summed E-state index contributed by atoms with van der Waals surface area (Å²) in [6, 6.07) is 11.2. The van der Waals surface area contributed by atoms with Crippen LogP contribution in [0.15, 0.2) is 47.1 Å². The molecule has 6 heteroatoms. The van der Waals surface area contributed by atoms with Gasteiger partial charge < -0.3 is 9.15 Å². The van der Waals surface area contributed by atoms with Crippen LogP contribution in [0.5, 0.6) is 5.75 Å². The van der Waals surface area contributed by atoms with Gasteiger partial charge in [-0.25, -0.2) is 4.98 Å². The van der Waals surface area contributed by atoms with E-state index in [0.29, 0.717) is 10.7 Å². The molecule has 5 nitrogen and oxygen atoms in total. The van der Waals surface area contributed by atoms with Gasteiger partial charge in [0.15, 0.2) is 10.9 Å². The summed E-state index contributed by atoms with van der Waals surface area (Å²) in [6.07, 6.45) is 2.33. The fourth-order valence-corrected chi connectivity index (χ4v) is 3.19. The van der Waals surface area contributed by atoms with Crippen LogP contribution in [0.2, 0.25) is 0 Å². The number of ether oxygens (including phenoxy) is 1. The number of carbonyl (C=O) groups is 1. The number of para-hydroxylation sites is 1. The molecule has 0 saturated carbocycles. The second-order valence-electron chi connectivity index (χ2n) is 5.21. The molecule has 124 valence electrons. The van der Waals surface area contributed by atoms with E-state index < -0.39 is 0 Å². The normalized spacial score (nSPS) is 10.6. The lowest BCUT2D eigenvalue weighted by molar-refractivity contribution is 0.0993. The van der Waals surface area contributed by atoms with Crippen LogP contribution in [-0.2, 0) is 13.0 Å². The molecule has 2 aromatic heterocycles. The summed E-state index contributed by atoms with van der Waals surface area (Å²) in [5.41, 5.74) is 1.70. The molecular formula is C18H18N2O3S. The lowest BCUT2D eigenvalue weighted by Crippen LogP contribution is -2.13. The topological polar surface area (TPSA) is 64.4 Å². The Bertz CT molecular complexity index is 824. The van der Waals surface area contributed by atoms with E-state index in [4.69, 9.17) is 9.15 Å². The van der Waals surface area contributed by atoms with Gasteiger partial charge in [0.1, 0.15) is 12.4 Å². The third-order valence-electron chi connectivity index (χ3n) is 3.54. The molecule has 0 atom stereocenters. The van der Waals surface area contributed by atoms with Crippen LogP contribution >= 0.6 is 11.3 Å². The lowest BCUT2D eigenvalue weighted by atomic mass is 10.2. The number of thiazole rings is 1. The Balaban J connectivity index is 1.68. The van der Waals surface area contributed by atoms with Crippen molar-refractivity contribution >= 4 is 22.4 Å². The first kappa shape index (κ1) is 16.3. The second-order valence-corrected chi connectivity index (χ2v) is 6.41. The lowest BCUT2D eigenvalue weighted by Gasteiger charge is -2.06. The van der Waals surface area contributed by atoms with Gasteiger partial charge in [0.05, 0.1) is 12.0 Å². The number of amides is 1. The van der Waals surface area contributed by atoms with Crippen molar-refractivity contribution in [1.29, 1.82) is 0 Å². The molecular weight excluding hydrogens is 324 g/mol. The maximum absolute atomic E-state index is 12.4. The molecule has 0 spiro atoms. The highest BCUT2D eigenvalue weighted by Gasteiger charge is 2.18. The van der Waals surface area contributed by atoms with Gasteiger partial charge >= 0.3 is 0 Å². The average molecular weight is 342 g/mol. The minimum atomic E-state index is -0.317. The van der Waals surface area contributed by atoms with Gasteiger partial charge in [-0.2, -0.15) is 0 Å². The summed E-state index contributed by atoms with van der Waals surface area (Å²) >= 11 is 1.46. The van der Waals surface area contributed by atoms with Crippen LogP contribution in [0.4, 0.5) is 5.13 Å². The highest BCUT2D eigenvalue weighted by Crippen LogP contribution is 2.24. The first-order chi connectivity index (χ1) is 11.7. The third-order valence-corrected chi connectivity index (χ3v) is 4.47. The molecule has 0 radical (unpaired) electrons. The Morgan fingerprint density at radius 2 is 2.08 bits per heavy atom. The minimum absolute atomic E-state index is 0.247. The zero-order valence-corrected chi connectivity index (χ0v) is 14.4. The highest BCUT2D eigenvalue weighted by molar-refractivity contribution is 7.15. The number of anilines is 1. The zero-order chi connectivity index (χ0) is 16.9. The van der Waals surface area contributed by atoms with E-state index in [-0.39, 0.29) is 18.3 Å². The van der Waals surface area contributed by atoms with Crippen LogP contribution in [0.1, 0.15) is 33.6 Å².